The zero-order valence-electron chi connectivity index (χ0n) is 9.99. The Kier molecular flexibility index (Phi) is 2.98. The number of hydrogen-bond acceptors (Lipinski definition) is 3. The Balaban J connectivity index is 2.03. The van der Waals surface area contributed by atoms with Crippen LogP contribution in [0.5, 0.6) is 0 Å². The SMILES string of the molecule is Fc1ccc(-c2ccnc(-c3ccncc3)n2)cc1. The number of hydrogen-bond donors (Lipinski definition) is 0. The zero-order chi connectivity index (χ0) is 13.1. The molecular weight excluding hydrogens is 241 g/mol. The molecule has 0 saturated carbocycles. The van der Waals surface area contributed by atoms with E-state index >= 15 is 0 Å². The number of halogens is 1. The highest BCUT2D eigenvalue weighted by Gasteiger charge is 2.04. The van der Waals surface area contributed by atoms with Crippen molar-refractivity contribution < 1.29 is 4.39 Å². The van der Waals surface area contributed by atoms with Crippen LogP contribution in [0, 0.1) is 5.82 Å². The molecule has 0 unspecified atom stereocenters. The normalized spacial score (nSPS) is 10.4. The van der Waals surface area contributed by atoms with Gasteiger partial charge in [0.15, 0.2) is 5.82 Å². The van der Waals surface area contributed by atoms with Crippen molar-refractivity contribution in [1.29, 1.82) is 0 Å². The summed E-state index contributed by atoms with van der Waals surface area (Å²) in [6.45, 7) is 0. The summed E-state index contributed by atoms with van der Waals surface area (Å²) in [5.41, 5.74) is 2.53. The maximum Gasteiger partial charge on any atom is 0.159 e. The van der Waals surface area contributed by atoms with Crippen LogP contribution >= 0.6 is 0 Å². The van der Waals surface area contributed by atoms with Crippen LogP contribution in [0.15, 0.2) is 61.1 Å². The predicted molar refractivity (Wildman–Crippen MR) is 70.7 cm³/mol. The molecule has 0 atom stereocenters. The lowest BCUT2D eigenvalue weighted by atomic mass is 10.1. The fraction of sp³-hybridized carbons (Fsp3) is 0. The minimum absolute atomic E-state index is 0.257. The Morgan fingerprint density at radius 2 is 1.47 bits per heavy atom. The molecule has 2 heterocycles. The van der Waals surface area contributed by atoms with Crippen LogP contribution < -0.4 is 0 Å². The molecule has 0 spiro atoms. The molecule has 0 aliphatic rings. The largest absolute Gasteiger partial charge is 0.265 e. The molecule has 0 aliphatic carbocycles. The van der Waals surface area contributed by atoms with Gasteiger partial charge in [-0.3, -0.25) is 4.98 Å². The van der Waals surface area contributed by atoms with E-state index in [9.17, 15) is 4.39 Å². The molecule has 3 aromatic rings. The van der Waals surface area contributed by atoms with Crippen LogP contribution in [-0.2, 0) is 0 Å². The molecule has 0 bridgehead atoms. The summed E-state index contributed by atoms with van der Waals surface area (Å²) < 4.78 is 12.9. The average Bonchev–Trinajstić information content (AvgIpc) is 2.49. The Bertz CT molecular complexity index is 681. The Morgan fingerprint density at radius 3 is 2.21 bits per heavy atom. The van der Waals surface area contributed by atoms with Crippen LogP contribution in [0.3, 0.4) is 0 Å². The Morgan fingerprint density at radius 1 is 0.737 bits per heavy atom. The number of aromatic nitrogens is 3. The van der Waals surface area contributed by atoms with Crippen molar-refractivity contribution in [2.45, 2.75) is 0 Å². The van der Waals surface area contributed by atoms with Crippen LogP contribution in [0.25, 0.3) is 22.6 Å². The number of rotatable bonds is 2. The molecule has 1 aromatic carbocycles. The van der Waals surface area contributed by atoms with Gasteiger partial charge in [-0.2, -0.15) is 0 Å². The molecular formula is C15H10FN3. The molecule has 0 amide bonds. The smallest absolute Gasteiger partial charge is 0.159 e. The monoisotopic (exact) mass is 251 g/mol. The van der Waals surface area contributed by atoms with Gasteiger partial charge in [0.25, 0.3) is 0 Å². The van der Waals surface area contributed by atoms with Crippen molar-refractivity contribution in [3.63, 3.8) is 0 Å². The van der Waals surface area contributed by atoms with Crippen LogP contribution in [-0.4, -0.2) is 15.0 Å². The minimum Gasteiger partial charge on any atom is -0.265 e. The fourth-order valence-corrected chi connectivity index (χ4v) is 1.78. The third kappa shape index (κ3) is 2.47. The van der Waals surface area contributed by atoms with E-state index in [1.54, 1.807) is 36.8 Å². The van der Waals surface area contributed by atoms with Gasteiger partial charge in [0.1, 0.15) is 5.82 Å². The molecule has 4 heteroatoms. The molecule has 0 saturated heterocycles. The summed E-state index contributed by atoms with van der Waals surface area (Å²) >= 11 is 0. The first-order chi connectivity index (χ1) is 9.33. The number of nitrogens with zero attached hydrogens (tertiary/aromatic N) is 3. The maximum atomic E-state index is 12.9. The molecule has 0 fully saturated rings. The van der Waals surface area contributed by atoms with Crippen molar-refractivity contribution in [2.24, 2.45) is 0 Å². The first-order valence-electron chi connectivity index (χ1n) is 5.82. The maximum absolute atomic E-state index is 12.9. The molecule has 0 aliphatic heterocycles. The second kappa shape index (κ2) is 4.94. The lowest BCUT2D eigenvalue weighted by Crippen LogP contribution is -1.91. The predicted octanol–water partition coefficient (Wildman–Crippen LogP) is 3.34. The lowest BCUT2D eigenvalue weighted by Gasteiger charge is -2.03. The Labute approximate surface area is 109 Å². The molecule has 3 nitrogen and oxygen atoms in total. The van der Waals surface area contributed by atoms with Gasteiger partial charge < -0.3 is 0 Å². The first kappa shape index (κ1) is 11.5. The van der Waals surface area contributed by atoms with E-state index in [4.69, 9.17) is 0 Å². The molecule has 2 aromatic heterocycles. The van der Waals surface area contributed by atoms with E-state index < -0.39 is 0 Å². The van der Waals surface area contributed by atoms with Gasteiger partial charge in [-0.05, 0) is 42.5 Å². The Hall–Kier alpha value is -2.62. The van der Waals surface area contributed by atoms with Crippen molar-refractivity contribution in [3.8, 4) is 22.6 Å². The van der Waals surface area contributed by atoms with E-state index in [0.29, 0.717) is 5.82 Å². The van der Waals surface area contributed by atoms with Gasteiger partial charge in [-0.1, -0.05) is 0 Å². The van der Waals surface area contributed by atoms with E-state index in [1.807, 2.05) is 12.1 Å². The molecule has 92 valence electrons. The number of pyridine rings is 1. The molecule has 0 N–H and O–H groups in total. The topological polar surface area (TPSA) is 38.7 Å². The van der Waals surface area contributed by atoms with Gasteiger partial charge in [-0.25, -0.2) is 14.4 Å². The summed E-state index contributed by atoms with van der Waals surface area (Å²) in [6.07, 6.45) is 5.09. The average molecular weight is 251 g/mol. The quantitative estimate of drug-likeness (QED) is 0.701. The van der Waals surface area contributed by atoms with Gasteiger partial charge in [-0.15, -0.1) is 0 Å². The van der Waals surface area contributed by atoms with Crippen molar-refractivity contribution in [1.82, 2.24) is 15.0 Å². The van der Waals surface area contributed by atoms with Crippen LogP contribution in [0.2, 0.25) is 0 Å². The molecule has 0 radical (unpaired) electrons. The number of benzene rings is 1. The summed E-state index contributed by atoms with van der Waals surface area (Å²) in [4.78, 5) is 12.7. The third-order valence-electron chi connectivity index (χ3n) is 2.73. The lowest BCUT2D eigenvalue weighted by molar-refractivity contribution is 0.628. The second-order valence-corrected chi connectivity index (χ2v) is 4.01. The highest BCUT2D eigenvalue weighted by Crippen LogP contribution is 2.20. The van der Waals surface area contributed by atoms with E-state index in [-0.39, 0.29) is 5.82 Å². The van der Waals surface area contributed by atoms with Crippen molar-refractivity contribution >= 4 is 0 Å². The highest BCUT2D eigenvalue weighted by molar-refractivity contribution is 5.62. The van der Waals surface area contributed by atoms with Crippen LogP contribution in [0.1, 0.15) is 0 Å². The fourth-order valence-electron chi connectivity index (χ4n) is 1.78. The van der Waals surface area contributed by atoms with E-state index in [0.717, 1.165) is 16.8 Å². The summed E-state index contributed by atoms with van der Waals surface area (Å²) in [5.74, 6) is 0.372. The zero-order valence-corrected chi connectivity index (χ0v) is 9.99. The van der Waals surface area contributed by atoms with E-state index in [1.165, 1.54) is 12.1 Å². The summed E-state index contributed by atoms with van der Waals surface area (Å²) in [6, 6.07) is 11.8. The van der Waals surface area contributed by atoms with Gasteiger partial charge in [0, 0.05) is 29.7 Å². The summed E-state index contributed by atoms with van der Waals surface area (Å²) in [5, 5.41) is 0. The highest BCUT2D eigenvalue weighted by atomic mass is 19.1. The van der Waals surface area contributed by atoms with E-state index in [2.05, 4.69) is 15.0 Å². The minimum atomic E-state index is -0.257. The molecule has 3 rings (SSSR count). The van der Waals surface area contributed by atoms with Crippen molar-refractivity contribution in [3.05, 3.63) is 66.9 Å². The standard InChI is InChI=1S/C15H10FN3/c16-13-3-1-11(2-4-13)14-7-10-18-15(19-14)12-5-8-17-9-6-12/h1-10H. The molecule has 19 heavy (non-hydrogen) atoms. The van der Waals surface area contributed by atoms with Gasteiger partial charge in [0.05, 0.1) is 5.69 Å². The van der Waals surface area contributed by atoms with Gasteiger partial charge in [0.2, 0.25) is 0 Å². The van der Waals surface area contributed by atoms with Crippen LogP contribution in [0.4, 0.5) is 4.39 Å². The second-order valence-electron chi connectivity index (χ2n) is 4.01. The third-order valence-corrected chi connectivity index (χ3v) is 2.73. The summed E-state index contributed by atoms with van der Waals surface area (Å²) in [7, 11) is 0. The van der Waals surface area contributed by atoms with Gasteiger partial charge >= 0.3 is 0 Å². The first-order valence-corrected chi connectivity index (χ1v) is 5.82. The van der Waals surface area contributed by atoms with Crippen molar-refractivity contribution in [2.75, 3.05) is 0 Å².